The minimum atomic E-state index is -0.893. The third-order valence-corrected chi connectivity index (χ3v) is 13.5. The molecule has 2 spiro atoms. The van der Waals surface area contributed by atoms with Crippen LogP contribution in [0, 0.1) is 44.8 Å². The van der Waals surface area contributed by atoms with Crippen molar-refractivity contribution in [2.75, 3.05) is 0 Å². The Morgan fingerprint density at radius 1 is 0.886 bits per heavy atom. The van der Waals surface area contributed by atoms with E-state index in [4.69, 9.17) is 4.74 Å². The Balaban J connectivity index is 1.37. The van der Waals surface area contributed by atoms with Gasteiger partial charge >= 0.3 is 0 Å². The highest BCUT2D eigenvalue weighted by Gasteiger charge is 2.84. The fourth-order valence-corrected chi connectivity index (χ4v) is 12.0. The zero-order valence-electron chi connectivity index (χ0n) is 23.0. The molecule has 0 amide bonds. The summed E-state index contributed by atoms with van der Waals surface area (Å²) in [7, 11) is 0. The summed E-state index contributed by atoms with van der Waals surface area (Å²) >= 11 is 0. The smallest absolute Gasteiger partial charge is 0.138 e. The van der Waals surface area contributed by atoms with E-state index in [0.29, 0.717) is 18.1 Å². The van der Waals surface area contributed by atoms with Crippen LogP contribution in [0.15, 0.2) is 0 Å². The van der Waals surface area contributed by atoms with Crippen molar-refractivity contribution in [3.05, 3.63) is 0 Å². The van der Waals surface area contributed by atoms with Crippen LogP contribution in [0.25, 0.3) is 0 Å². The van der Waals surface area contributed by atoms with Crippen molar-refractivity contribution in [3.8, 4) is 0 Å². The number of Topliss-reactive ketones (excluding diaryl/α,β-unsaturated/α-hetero) is 1. The summed E-state index contributed by atoms with van der Waals surface area (Å²) in [5.41, 5.74) is -1.71. The topological polar surface area (TPSA) is 87.0 Å². The van der Waals surface area contributed by atoms with Crippen molar-refractivity contribution < 1.29 is 24.9 Å². The average molecular weight is 489 g/mol. The quantitative estimate of drug-likeness (QED) is 0.527. The molecule has 1 unspecified atom stereocenters. The number of hydrogen-bond donors (Lipinski definition) is 3. The van der Waals surface area contributed by atoms with E-state index in [-0.39, 0.29) is 39.6 Å². The molecule has 3 N–H and O–H groups in total. The highest BCUT2D eigenvalue weighted by Crippen LogP contribution is 2.89. The first-order valence-corrected chi connectivity index (χ1v) is 14.3. The molecule has 5 heteroatoms. The second-order valence-electron chi connectivity index (χ2n) is 15.7. The number of carbonyl (C=O) groups is 1. The minimum absolute atomic E-state index is 0.0126. The molecule has 6 aliphatic rings. The van der Waals surface area contributed by atoms with Gasteiger partial charge in [0.05, 0.1) is 29.5 Å². The van der Waals surface area contributed by atoms with Gasteiger partial charge in [-0.15, -0.1) is 0 Å². The molecule has 0 aromatic heterocycles. The van der Waals surface area contributed by atoms with Gasteiger partial charge in [0.2, 0.25) is 0 Å². The van der Waals surface area contributed by atoms with E-state index in [1.807, 2.05) is 13.8 Å². The molecule has 11 atom stereocenters. The molecule has 0 aromatic rings. The van der Waals surface area contributed by atoms with Crippen LogP contribution in [0.4, 0.5) is 0 Å². The van der Waals surface area contributed by atoms with Gasteiger partial charge in [-0.1, -0.05) is 27.7 Å². The van der Waals surface area contributed by atoms with E-state index in [1.54, 1.807) is 0 Å². The Hall–Kier alpha value is -0.490. The van der Waals surface area contributed by atoms with Crippen LogP contribution >= 0.6 is 0 Å². The molecule has 0 radical (unpaired) electrons. The average Bonchev–Trinajstić information content (AvgIpc) is 3.08. The lowest BCUT2D eigenvalue weighted by Crippen LogP contribution is -2.61. The van der Waals surface area contributed by atoms with Crippen molar-refractivity contribution >= 4 is 5.78 Å². The Kier molecular flexibility index (Phi) is 4.78. The number of ketones is 1. The van der Waals surface area contributed by atoms with Crippen LogP contribution in [0.3, 0.4) is 0 Å². The zero-order chi connectivity index (χ0) is 25.6. The highest BCUT2D eigenvalue weighted by atomic mass is 16.5. The molecule has 5 aliphatic carbocycles. The maximum absolute atomic E-state index is 12.9. The molecule has 6 fully saturated rings. The van der Waals surface area contributed by atoms with Gasteiger partial charge in [-0.2, -0.15) is 0 Å². The molecule has 6 rings (SSSR count). The lowest BCUT2D eigenvalue weighted by molar-refractivity contribution is -0.203. The van der Waals surface area contributed by atoms with Gasteiger partial charge in [0.1, 0.15) is 5.78 Å². The van der Waals surface area contributed by atoms with Gasteiger partial charge in [0.15, 0.2) is 0 Å². The Labute approximate surface area is 211 Å². The summed E-state index contributed by atoms with van der Waals surface area (Å²) in [6.07, 6.45) is 6.97. The van der Waals surface area contributed by atoms with Gasteiger partial charge in [-0.3, -0.25) is 4.79 Å². The summed E-state index contributed by atoms with van der Waals surface area (Å²) in [5.74, 6) is 0.756. The Morgan fingerprint density at radius 2 is 1.57 bits per heavy atom. The maximum Gasteiger partial charge on any atom is 0.138 e. The standard InChI is InChI=1S/C30H48O5/c1-24(2)20(33)8-11-30-16-29(30)13-12-26(5)23(28(7)10-9-21(35-28)25(3,4)34)18(32)15-27(26,6)19(29)14-17(31)22(24)30/h17-19,21-23,31-32,34H,8-16H2,1-7H3/t17-,18-,19?,21-,22-,23-,26+,27-,28+,29-,30+/m0/s1. The summed E-state index contributed by atoms with van der Waals surface area (Å²) in [5, 5.41) is 34.0. The van der Waals surface area contributed by atoms with Crippen LogP contribution < -0.4 is 0 Å². The zero-order valence-corrected chi connectivity index (χ0v) is 23.0. The molecule has 35 heavy (non-hydrogen) atoms. The number of aliphatic hydroxyl groups is 3. The third-order valence-electron chi connectivity index (χ3n) is 13.5. The van der Waals surface area contributed by atoms with Crippen molar-refractivity contribution in [2.45, 2.75) is 136 Å². The SMILES string of the molecule is CC(C)(O)[C@@H]1CC[C@](C)([C@H]2[C@@H](O)C[C@@]3(C)C4C[C@H](O)[C@H]5C(C)(C)C(=O)CC[C@@]56C[C@@]46CC[C@]23C)O1. The number of rotatable bonds is 2. The second kappa shape index (κ2) is 6.74. The summed E-state index contributed by atoms with van der Waals surface area (Å²) in [6.45, 7) is 14.8. The molecule has 198 valence electrons. The number of aliphatic hydroxyl groups excluding tert-OH is 2. The van der Waals surface area contributed by atoms with Crippen LogP contribution in [0.1, 0.15) is 106 Å². The van der Waals surface area contributed by atoms with Crippen LogP contribution in [-0.4, -0.2) is 50.6 Å². The molecule has 0 bridgehead atoms. The minimum Gasteiger partial charge on any atom is -0.393 e. The molecule has 0 aromatic carbocycles. The Morgan fingerprint density at radius 3 is 2.20 bits per heavy atom. The van der Waals surface area contributed by atoms with Crippen molar-refractivity contribution in [1.82, 2.24) is 0 Å². The van der Waals surface area contributed by atoms with Crippen molar-refractivity contribution in [1.29, 1.82) is 0 Å². The van der Waals surface area contributed by atoms with E-state index in [0.717, 1.165) is 51.4 Å². The van der Waals surface area contributed by atoms with Gasteiger partial charge in [0.25, 0.3) is 0 Å². The molecule has 5 nitrogen and oxygen atoms in total. The van der Waals surface area contributed by atoms with E-state index in [1.165, 1.54) is 0 Å². The lowest BCUT2D eigenvalue weighted by Gasteiger charge is -2.63. The monoisotopic (exact) mass is 488 g/mol. The van der Waals surface area contributed by atoms with Gasteiger partial charge < -0.3 is 20.1 Å². The van der Waals surface area contributed by atoms with Crippen LogP contribution in [-0.2, 0) is 9.53 Å². The molecule has 5 saturated carbocycles. The van der Waals surface area contributed by atoms with Crippen molar-refractivity contribution in [3.63, 3.8) is 0 Å². The fraction of sp³-hybridized carbons (Fsp3) is 0.967. The molecule has 1 aliphatic heterocycles. The maximum atomic E-state index is 12.9. The highest BCUT2D eigenvalue weighted by molar-refractivity contribution is 5.86. The normalized spacial score (nSPS) is 58.9. The van der Waals surface area contributed by atoms with E-state index in [9.17, 15) is 20.1 Å². The van der Waals surface area contributed by atoms with Gasteiger partial charge in [-0.05, 0) is 99.7 Å². The third kappa shape index (κ3) is 2.72. The molecular weight excluding hydrogens is 440 g/mol. The Bertz CT molecular complexity index is 953. The van der Waals surface area contributed by atoms with Crippen molar-refractivity contribution in [2.24, 2.45) is 44.8 Å². The molecular formula is C30H48O5. The van der Waals surface area contributed by atoms with Gasteiger partial charge in [-0.25, -0.2) is 0 Å². The van der Waals surface area contributed by atoms with Crippen LogP contribution in [0.2, 0.25) is 0 Å². The first kappa shape index (κ1) is 24.8. The number of carbonyl (C=O) groups excluding carboxylic acids is 1. The summed E-state index contributed by atoms with van der Waals surface area (Å²) < 4.78 is 6.65. The predicted octanol–water partition coefficient (Wildman–Crippen LogP) is 4.64. The summed E-state index contributed by atoms with van der Waals surface area (Å²) in [4.78, 5) is 12.9. The predicted molar refractivity (Wildman–Crippen MR) is 133 cm³/mol. The first-order chi connectivity index (χ1) is 16.0. The summed E-state index contributed by atoms with van der Waals surface area (Å²) in [6, 6.07) is 0. The molecule has 1 heterocycles. The van der Waals surface area contributed by atoms with Gasteiger partial charge in [0, 0.05) is 23.7 Å². The number of hydrogen-bond acceptors (Lipinski definition) is 5. The van der Waals surface area contributed by atoms with E-state index in [2.05, 4.69) is 34.6 Å². The van der Waals surface area contributed by atoms with Crippen LogP contribution in [0.5, 0.6) is 0 Å². The number of ether oxygens (including phenoxy) is 1. The second-order valence-corrected chi connectivity index (χ2v) is 15.7. The van der Waals surface area contributed by atoms with E-state index >= 15 is 0 Å². The largest absolute Gasteiger partial charge is 0.393 e. The fourth-order valence-electron chi connectivity index (χ4n) is 12.0. The van der Waals surface area contributed by atoms with E-state index < -0.39 is 28.8 Å². The first-order valence-electron chi connectivity index (χ1n) is 14.3. The molecule has 1 saturated heterocycles. The number of fused-ring (bicyclic) bond motifs is 2. The lowest BCUT2D eigenvalue weighted by atomic mass is 9.41.